The number of anilines is 1. The molecule has 118 valence electrons. The highest BCUT2D eigenvalue weighted by molar-refractivity contribution is 7.92. The molecule has 1 rings (SSSR count). The Kier molecular flexibility index (Phi) is 6.31. The molecule has 0 atom stereocenters. The minimum atomic E-state index is -3.55. The number of amides is 1. The first kappa shape index (κ1) is 18.1. The Bertz CT molecular complexity index is 618. The van der Waals surface area contributed by atoms with Crippen molar-refractivity contribution in [1.29, 1.82) is 0 Å². The lowest BCUT2D eigenvalue weighted by Crippen LogP contribution is -2.36. The average molecular weight is 353 g/mol. The molecular weight excluding hydrogens is 335 g/mol. The molecule has 1 aromatic carbocycles. The number of carbonyl (C=O) groups excluding carboxylic acids is 1. The molecule has 8 heteroatoms. The molecule has 0 unspecified atom stereocenters. The van der Waals surface area contributed by atoms with Gasteiger partial charge in [0.2, 0.25) is 15.9 Å². The van der Waals surface area contributed by atoms with Crippen molar-refractivity contribution in [2.45, 2.75) is 26.3 Å². The standard InChI is InChI=1S/C13H18Cl2N2O3S/c1-9(2)16-13(18)6-7-17(21(3,19)20)12-5-4-10(14)8-11(12)15/h4-5,8-9H,6-7H2,1-3H3,(H,16,18). The van der Waals surface area contributed by atoms with E-state index in [-0.39, 0.29) is 29.9 Å². The summed E-state index contributed by atoms with van der Waals surface area (Å²) in [6.45, 7) is 3.68. The molecule has 1 aromatic rings. The van der Waals surface area contributed by atoms with Crippen LogP contribution in [0.5, 0.6) is 0 Å². The summed E-state index contributed by atoms with van der Waals surface area (Å²) in [4.78, 5) is 11.7. The molecule has 0 saturated heterocycles. The predicted octanol–water partition coefficient (Wildman–Crippen LogP) is 2.67. The summed E-state index contributed by atoms with van der Waals surface area (Å²) < 4.78 is 24.9. The van der Waals surface area contributed by atoms with Gasteiger partial charge in [0.15, 0.2) is 0 Å². The highest BCUT2D eigenvalue weighted by Gasteiger charge is 2.21. The highest BCUT2D eigenvalue weighted by atomic mass is 35.5. The fraction of sp³-hybridized carbons (Fsp3) is 0.462. The van der Waals surface area contributed by atoms with Crippen LogP contribution in [0.2, 0.25) is 10.0 Å². The maximum atomic E-state index is 11.9. The van der Waals surface area contributed by atoms with Gasteiger partial charge in [-0.05, 0) is 32.0 Å². The van der Waals surface area contributed by atoms with E-state index in [9.17, 15) is 13.2 Å². The summed E-state index contributed by atoms with van der Waals surface area (Å²) in [6.07, 6.45) is 1.11. The predicted molar refractivity (Wildman–Crippen MR) is 86.5 cm³/mol. The molecule has 0 heterocycles. The quantitative estimate of drug-likeness (QED) is 0.855. The molecule has 1 N–H and O–H groups in total. The maximum Gasteiger partial charge on any atom is 0.232 e. The van der Waals surface area contributed by atoms with Crippen molar-refractivity contribution in [2.24, 2.45) is 0 Å². The number of benzene rings is 1. The van der Waals surface area contributed by atoms with Crippen LogP contribution >= 0.6 is 23.2 Å². The minimum absolute atomic E-state index is 0.00306. The topological polar surface area (TPSA) is 66.5 Å². The number of sulfonamides is 1. The van der Waals surface area contributed by atoms with Crippen molar-refractivity contribution in [2.75, 3.05) is 17.1 Å². The summed E-state index contributed by atoms with van der Waals surface area (Å²) in [5.74, 6) is -0.219. The molecule has 0 fully saturated rings. The zero-order chi connectivity index (χ0) is 16.2. The molecular formula is C13H18Cl2N2O3S. The van der Waals surface area contributed by atoms with Gasteiger partial charge in [-0.2, -0.15) is 0 Å². The molecule has 5 nitrogen and oxygen atoms in total. The Morgan fingerprint density at radius 2 is 1.95 bits per heavy atom. The number of rotatable bonds is 6. The largest absolute Gasteiger partial charge is 0.354 e. The normalized spacial score (nSPS) is 11.5. The first-order valence-electron chi connectivity index (χ1n) is 6.33. The second-order valence-electron chi connectivity index (χ2n) is 4.90. The van der Waals surface area contributed by atoms with Gasteiger partial charge in [0, 0.05) is 24.0 Å². The van der Waals surface area contributed by atoms with Crippen molar-refractivity contribution in [3.05, 3.63) is 28.2 Å². The summed E-state index contributed by atoms with van der Waals surface area (Å²) in [7, 11) is -3.55. The second-order valence-corrected chi connectivity index (χ2v) is 7.65. The van der Waals surface area contributed by atoms with Gasteiger partial charge in [-0.3, -0.25) is 9.10 Å². The Balaban J connectivity index is 2.95. The van der Waals surface area contributed by atoms with E-state index in [4.69, 9.17) is 23.2 Å². The van der Waals surface area contributed by atoms with Crippen molar-refractivity contribution in [3.8, 4) is 0 Å². The molecule has 21 heavy (non-hydrogen) atoms. The zero-order valence-corrected chi connectivity index (χ0v) is 14.4. The minimum Gasteiger partial charge on any atom is -0.354 e. The molecule has 0 spiro atoms. The van der Waals surface area contributed by atoms with Gasteiger partial charge in [-0.1, -0.05) is 23.2 Å². The van der Waals surface area contributed by atoms with Gasteiger partial charge < -0.3 is 5.32 Å². The Hall–Kier alpha value is -0.980. The van der Waals surface area contributed by atoms with E-state index in [1.807, 2.05) is 13.8 Å². The van der Waals surface area contributed by atoms with Crippen molar-refractivity contribution in [1.82, 2.24) is 5.32 Å². The van der Waals surface area contributed by atoms with Crippen LogP contribution in [0.15, 0.2) is 18.2 Å². The van der Waals surface area contributed by atoms with E-state index in [1.165, 1.54) is 12.1 Å². The smallest absolute Gasteiger partial charge is 0.232 e. The van der Waals surface area contributed by atoms with E-state index >= 15 is 0 Å². The van der Waals surface area contributed by atoms with Crippen molar-refractivity contribution < 1.29 is 13.2 Å². The SMILES string of the molecule is CC(C)NC(=O)CCN(c1ccc(Cl)cc1Cl)S(C)(=O)=O. The second kappa shape index (κ2) is 7.33. The third-order valence-corrected chi connectivity index (χ3v) is 4.29. The van der Waals surface area contributed by atoms with Crippen LogP contribution in [-0.2, 0) is 14.8 Å². The number of halogens is 2. The van der Waals surface area contributed by atoms with E-state index in [0.717, 1.165) is 10.6 Å². The first-order chi connectivity index (χ1) is 9.61. The van der Waals surface area contributed by atoms with Crippen LogP contribution in [0.4, 0.5) is 5.69 Å². The molecule has 0 aliphatic heterocycles. The van der Waals surface area contributed by atoms with E-state index in [0.29, 0.717) is 10.7 Å². The van der Waals surface area contributed by atoms with Gasteiger partial charge in [0.1, 0.15) is 0 Å². The van der Waals surface area contributed by atoms with E-state index in [2.05, 4.69) is 5.32 Å². The van der Waals surface area contributed by atoms with Gasteiger partial charge >= 0.3 is 0 Å². The number of nitrogens with one attached hydrogen (secondary N) is 1. The maximum absolute atomic E-state index is 11.9. The van der Waals surface area contributed by atoms with Gasteiger partial charge in [0.05, 0.1) is 17.0 Å². The summed E-state index contributed by atoms with van der Waals surface area (Å²) in [5.41, 5.74) is 0.306. The Morgan fingerprint density at radius 3 is 2.43 bits per heavy atom. The van der Waals surface area contributed by atoms with Gasteiger partial charge in [0.25, 0.3) is 0 Å². The van der Waals surface area contributed by atoms with E-state index in [1.54, 1.807) is 6.07 Å². The van der Waals surface area contributed by atoms with Crippen molar-refractivity contribution in [3.63, 3.8) is 0 Å². The fourth-order valence-electron chi connectivity index (χ4n) is 1.75. The van der Waals surface area contributed by atoms with Crippen LogP contribution in [0.25, 0.3) is 0 Å². The Morgan fingerprint density at radius 1 is 1.33 bits per heavy atom. The molecule has 0 aliphatic carbocycles. The lowest BCUT2D eigenvalue weighted by molar-refractivity contribution is -0.121. The summed E-state index contributed by atoms with van der Waals surface area (Å²) >= 11 is 11.8. The van der Waals surface area contributed by atoms with Crippen LogP contribution in [0.3, 0.4) is 0 Å². The molecule has 1 amide bonds. The highest BCUT2D eigenvalue weighted by Crippen LogP contribution is 2.30. The monoisotopic (exact) mass is 352 g/mol. The molecule has 0 saturated carbocycles. The number of hydrogen-bond donors (Lipinski definition) is 1. The van der Waals surface area contributed by atoms with Gasteiger partial charge in [-0.25, -0.2) is 8.42 Å². The van der Waals surface area contributed by atoms with Crippen molar-refractivity contribution >= 4 is 44.8 Å². The molecule has 0 aliphatic rings. The van der Waals surface area contributed by atoms with Crippen LogP contribution < -0.4 is 9.62 Å². The van der Waals surface area contributed by atoms with Gasteiger partial charge in [-0.15, -0.1) is 0 Å². The third-order valence-electron chi connectivity index (χ3n) is 2.57. The molecule has 0 aromatic heterocycles. The molecule has 0 bridgehead atoms. The summed E-state index contributed by atoms with van der Waals surface area (Å²) in [6, 6.07) is 4.54. The average Bonchev–Trinajstić information content (AvgIpc) is 2.29. The number of nitrogens with zero attached hydrogens (tertiary/aromatic N) is 1. The fourth-order valence-corrected chi connectivity index (χ4v) is 3.25. The zero-order valence-electron chi connectivity index (χ0n) is 12.1. The first-order valence-corrected chi connectivity index (χ1v) is 8.94. The Labute approximate surface area is 135 Å². The third kappa shape index (κ3) is 5.73. The lowest BCUT2D eigenvalue weighted by Gasteiger charge is -2.23. The van der Waals surface area contributed by atoms with E-state index < -0.39 is 10.0 Å². The van der Waals surface area contributed by atoms with Crippen LogP contribution in [-0.4, -0.2) is 33.2 Å². The number of carbonyl (C=O) groups is 1. The van der Waals surface area contributed by atoms with Crippen LogP contribution in [0.1, 0.15) is 20.3 Å². The lowest BCUT2D eigenvalue weighted by atomic mass is 10.3. The molecule has 0 radical (unpaired) electrons. The van der Waals surface area contributed by atoms with Crippen LogP contribution in [0, 0.1) is 0 Å². The summed E-state index contributed by atoms with van der Waals surface area (Å²) in [5, 5.41) is 3.34. The number of hydrogen-bond acceptors (Lipinski definition) is 3.